The lowest BCUT2D eigenvalue weighted by molar-refractivity contribution is 0.0454. The van der Waals surface area contributed by atoms with E-state index in [2.05, 4.69) is 29.3 Å². The smallest absolute Gasteiger partial charge is 0.407 e. The van der Waals surface area contributed by atoms with Gasteiger partial charge in [0, 0.05) is 11.6 Å². The molecule has 2 fully saturated rings. The fourth-order valence-corrected chi connectivity index (χ4v) is 4.73. The molecule has 4 rings (SSSR count). The SMILES string of the molecule is COc1ccc([C@]2(C#Cc3ccccc3)C[C@H](NC(=O)OC(C)(C)C)C2)cc1OC1CCCC1. The number of methoxy groups -OCH3 is 1. The third-order valence-electron chi connectivity index (χ3n) is 6.44. The Kier molecular flexibility index (Phi) is 7.07. The number of nitrogens with one attached hydrogen (secondary N) is 1. The lowest BCUT2D eigenvalue weighted by atomic mass is 9.62. The molecule has 0 heterocycles. The maximum absolute atomic E-state index is 12.3. The van der Waals surface area contributed by atoms with Gasteiger partial charge >= 0.3 is 6.09 Å². The Labute approximate surface area is 203 Å². The quantitative estimate of drug-likeness (QED) is 0.556. The molecule has 1 amide bonds. The first-order valence-electron chi connectivity index (χ1n) is 12.2. The van der Waals surface area contributed by atoms with Gasteiger partial charge in [-0.25, -0.2) is 4.79 Å². The molecule has 0 aromatic heterocycles. The number of carbonyl (C=O) groups excluding carboxylic acids is 1. The Bertz CT molecular complexity index is 1050. The van der Waals surface area contributed by atoms with Gasteiger partial charge < -0.3 is 19.5 Å². The van der Waals surface area contributed by atoms with Crippen LogP contribution < -0.4 is 14.8 Å². The number of hydrogen-bond donors (Lipinski definition) is 1. The van der Waals surface area contributed by atoms with Crippen molar-refractivity contribution in [2.75, 3.05) is 7.11 Å². The van der Waals surface area contributed by atoms with Gasteiger partial charge in [0.05, 0.1) is 18.6 Å². The lowest BCUT2D eigenvalue weighted by Crippen LogP contribution is -2.53. The van der Waals surface area contributed by atoms with Gasteiger partial charge in [0.25, 0.3) is 0 Å². The number of rotatable bonds is 5. The maximum atomic E-state index is 12.3. The lowest BCUT2D eigenvalue weighted by Gasteiger charge is -2.45. The van der Waals surface area contributed by atoms with Crippen molar-refractivity contribution in [1.82, 2.24) is 5.32 Å². The van der Waals surface area contributed by atoms with Crippen LogP contribution in [0.1, 0.15) is 70.4 Å². The second-order valence-corrected chi connectivity index (χ2v) is 10.3. The zero-order valence-corrected chi connectivity index (χ0v) is 20.6. The largest absolute Gasteiger partial charge is 0.493 e. The molecule has 1 N–H and O–H groups in total. The van der Waals surface area contributed by atoms with Crippen LogP contribution in [-0.4, -0.2) is 30.9 Å². The Balaban J connectivity index is 1.59. The number of alkyl carbamates (subject to hydrolysis) is 1. The summed E-state index contributed by atoms with van der Waals surface area (Å²) < 4.78 is 17.4. The first-order chi connectivity index (χ1) is 16.3. The van der Waals surface area contributed by atoms with Crippen LogP contribution in [0.2, 0.25) is 0 Å². The summed E-state index contributed by atoms with van der Waals surface area (Å²) in [5.41, 5.74) is 1.16. The van der Waals surface area contributed by atoms with E-state index in [4.69, 9.17) is 14.2 Å². The summed E-state index contributed by atoms with van der Waals surface area (Å²) in [4.78, 5) is 12.3. The summed E-state index contributed by atoms with van der Waals surface area (Å²) in [5.74, 6) is 8.40. The van der Waals surface area contributed by atoms with Gasteiger partial charge in [-0.1, -0.05) is 36.1 Å². The topological polar surface area (TPSA) is 56.8 Å². The standard InChI is InChI=1S/C29H35NO4/c1-28(2,3)34-27(31)30-23-19-29(20-23,17-16-21-10-6-5-7-11-21)22-14-15-25(32-4)26(18-22)33-24-12-8-9-13-24/h5-7,10-11,14-15,18,23-24H,8-9,12-13,19-20H2,1-4H3,(H,30,31)/t23-,29+. The van der Waals surface area contributed by atoms with Gasteiger partial charge in [-0.15, -0.1) is 0 Å². The monoisotopic (exact) mass is 461 g/mol. The molecule has 2 aliphatic rings. The van der Waals surface area contributed by atoms with Crippen LogP contribution in [0.15, 0.2) is 48.5 Å². The highest BCUT2D eigenvalue weighted by atomic mass is 16.6. The maximum Gasteiger partial charge on any atom is 0.407 e. The van der Waals surface area contributed by atoms with Crippen molar-refractivity contribution < 1.29 is 19.0 Å². The normalized spacial score (nSPS) is 22.2. The van der Waals surface area contributed by atoms with E-state index >= 15 is 0 Å². The minimum Gasteiger partial charge on any atom is -0.493 e. The first-order valence-corrected chi connectivity index (χ1v) is 12.2. The second-order valence-electron chi connectivity index (χ2n) is 10.3. The van der Waals surface area contributed by atoms with Crippen LogP contribution in [0.3, 0.4) is 0 Å². The average Bonchev–Trinajstić information content (AvgIpc) is 3.28. The molecule has 0 radical (unpaired) electrons. The molecular weight excluding hydrogens is 426 g/mol. The molecule has 2 aromatic rings. The average molecular weight is 462 g/mol. The van der Waals surface area contributed by atoms with Crippen LogP contribution in [0, 0.1) is 11.8 Å². The Hall–Kier alpha value is -3.13. The van der Waals surface area contributed by atoms with E-state index < -0.39 is 5.60 Å². The van der Waals surface area contributed by atoms with Gasteiger partial charge in [-0.3, -0.25) is 0 Å². The molecule has 5 heteroatoms. The van der Waals surface area contributed by atoms with Gasteiger partial charge in [0.1, 0.15) is 5.60 Å². The highest BCUT2D eigenvalue weighted by molar-refractivity contribution is 5.68. The van der Waals surface area contributed by atoms with E-state index in [0.717, 1.165) is 35.5 Å². The molecule has 0 atom stereocenters. The van der Waals surface area contributed by atoms with Crippen molar-refractivity contribution in [3.05, 3.63) is 59.7 Å². The fourth-order valence-electron chi connectivity index (χ4n) is 4.73. The van der Waals surface area contributed by atoms with Crippen molar-refractivity contribution in [2.24, 2.45) is 0 Å². The van der Waals surface area contributed by atoms with Crippen LogP contribution in [0.4, 0.5) is 4.79 Å². The van der Waals surface area contributed by atoms with Crippen molar-refractivity contribution in [2.45, 2.75) is 82.5 Å². The highest BCUT2D eigenvalue weighted by Crippen LogP contribution is 2.46. The van der Waals surface area contributed by atoms with E-state index in [-0.39, 0.29) is 23.7 Å². The van der Waals surface area contributed by atoms with Crippen molar-refractivity contribution in [3.8, 4) is 23.3 Å². The van der Waals surface area contributed by atoms with Crippen LogP contribution in [-0.2, 0) is 10.2 Å². The van der Waals surface area contributed by atoms with Gasteiger partial charge in [-0.2, -0.15) is 0 Å². The Morgan fingerprint density at radius 2 is 1.74 bits per heavy atom. The van der Waals surface area contributed by atoms with E-state index in [1.807, 2.05) is 57.2 Å². The first kappa shape index (κ1) is 24.0. The summed E-state index contributed by atoms with van der Waals surface area (Å²) in [7, 11) is 1.67. The van der Waals surface area contributed by atoms with Crippen molar-refractivity contribution in [3.63, 3.8) is 0 Å². The molecule has 0 bridgehead atoms. The van der Waals surface area contributed by atoms with E-state index in [9.17, 15) is 4.79 Å². The minimum absolute atomic E-state index is 0.00113. The molecule has 2 aliphatic carbocycles. The highest BCUT2D eigenvalue weighted by Gasteiger charge is 2.46. The number of ether oxygens (including phenoxy) is 3. The molecule has 0 spiro atoms. The summed E-state index contributed by atoms with van der Waals surface area (Å²) in [5, 5.41) is 3.01. The molecule has 0 aliphatic heterocycles. The molecule has 34 heavy (non-hydrogen) atoms. The van der Waals surface area contributed by atoms with Gasteiger partial charge in [-0.05, 0) is 89.1 Å². The van der Waals surface area contributed by atoms with E-state index in [1.165, 1.54) is 12.8 Å². The molecule has 0 saturated heterocycles. The van der Waals surface area contributed by atoms with Crippen LogP contribution in [0.25, 0.3) is 0 Å². The zero-order chi connectivity index (χ0) is 24.2. The third kappa shape index (κ3) is 5.86. The molecule has 2 saturated carbocycles. The Morgan fingerprint density at radius 1 is 1.03 bits per heavy atom. The van der Waals surface area contributed by atoms with Crippen molar-refractivity contribution >= 4 is 6.09 Å². The molecule has 5 nitrogen and oxygen atoms in total. The number of amides is 1. The number of carbonyl (C=O) groups is 1. The third-order valence-corrected chi connectivity index (χ3v) is 6.44. The number of benzene rings is 2. The predicted molar refractivity (Wildman–Crippen MR) is 133 cm³/mol. The second kappa shape index (κ2) is 10.0. The van der Waals surface area contributed by atoms with Crippen molar-refractivity contribution in [1.29, 1.82) is 0 Å². The van der Waals surface area contributed by atoms with E-state index in [1.54, 1.807) is 7.11 Å². The fraction of sp³-hybridized carbons (Fsp3) is 0.483. The zero-order valence-electron chi connectivity index (χ0n) is 20.6. The summed E-state index contributed by atoms with van der Waals surface area (Å²) in [6.45, 7) is 5.60. The van der Waals surface area contributed by atoms with Crippen LogP contribution >= 0.6 is 0 Å². The van der Waals surface area contributed by atoms with E-state index in [0.29, 0.717) is 12.8 Å². The molecular formula is C29H35NO4. The van der Waals surface area contributed by atoms with Gasteiger partial charge in [0.2, 0.25) is 0 Å². The van der Waals surface area contributed by atoms with Crippen LogP contribution in [0.5, 0.6) is 11.5 Å². The molecule has 180 valence electrons. The Morgan fingerprint density at radius 3 is 2.38 bits per heavy atom. The summed E-state index contributed by atoms with van der Waals surface area (Å²) in [6.07, 6.45) is 5.83. The summed E-state index contributed by atoms with van der Waals surface area (Å²) >= 11 is 0. The predicted octanol–water partition coefficient (Wildman–Crippen LogP) is 5.99. The minimum atomic E-state index is -0.527. The number of hydrogen-bond acceptors (Lipinski definition) is 4. The van der Waals surface area contributed by atoms with Gasteiger partial charge in [0.15, 0.2) is 11.5 Å². The molecule has 0 unspecified atom stereocenters. The molecule has 2 aromatic carbocycles. The summed E-state index contributed by atoms with van der Waals surface area (Å²) in [6, 6.07) is 16.1.